The van der Waals surface area contributed by atoms with E-state index in [2.05, 4.69) is 0 Å². The highest BCUT2D eigenvalue weighted by Crippen LogP contribution is 2.58. The van der Waals surface area contributed by atoms with Crippen LogP contribution in [-0.4, -0.2) is 17.2 Å². The van der Waals surface area contributed by atoms with E-state index in [9.17, 15) is 4.79 Å². The Balaban J connectivity index is 1.72. The van der Waals surface area contributed by atoms with E-state index >= 15 is 0 Å². The number of hydrogen-bond donors (Lipinski definition) is 0. The molecule has 0 radical (unpaired) electrons. The van der Waals surface area contributed by atoms with Crippen LogP contribution in [0.2, 0.25) is 0 Å². The zero-order chi connectivity index (χ0) is 18.9. The number of rotatable bonds is 5. The average molecular weight is 396 g/mol. The van der Waals surface area contributed by atoms with Gasteiger partial charge in [-0.15, -0.1) is 0 Å². The summed E-state index contributed by atoms with van der Waals surface area (Å²) in [6.45, 7) is 0. The fraction of sp³-hybridized carbons (Fsp3) is 0.136. The molecule has 2 unspecified atom stereocenters. The standard InChI is InChI=1S/C22H18ClNO2S/c1-26-18-14-12-17(13-15-18)24-20(16-8-4-2-5-9-16)22(23,21(24)25)27-19-10-6-3-7-11-19/h2-15,20H,1H3. The predicted molar refractivity (Wildman–Crippen MR) is 111 cm³/mol. The minimum absolute atomic E-state index is 0.114. The van der Waals surface area contributed by atoms with Crippen LogP contribution >= 0.6 is 23.4 Å². The molecule has 27 heavy (non-hydrogen) atoms. The summed E-state index contributed by atoms with van der Waals surface area (Å²) in [7, 11) is 1.62. The Kier molecular flexibility index (Phi) is 4.85. The maximum absolute atomic E-state index is 13.2. The van der Waals surface area contributed by atoms with Crippen LogP contribution in [0.4, 0.5) is 5.69 Å². The van der Waals surface area contributed by atoms with E-state index < -0.39 is 4.21 Å². The van der Waals surface area contributed by atoms with Gasteiger partial charge in [-0.25, -0.2) is 0 Å². The van der Waals surface area contributed by atoms with E-state index in [4.69, 9.17) is 16.3 Å². The Bertz CT molecular complexity index is 934. The van der Waals surface area contributed by atoms with Gasteiger partial charge in [0.1, 0.15) is 5.75 Å². The minimum Gasteiger partial charge on any atom is -0.497 e. The third-order valence-electron chi connectivity index (χ3n) is 4.60. The Morgan fingerprint density at radius 2 is 1.52 bits per heavy atom. The number of halogens is 1. The highest BCUT2D eigenvalue weighted by Gasteiger charge is 2.61. The molecule has 0 spiro atoms. The van der Waals surface area contributed by atoms with Crippen LogP contribution in [0.25, 0.3) is 0 Å². The molecular formula is C22H18ClNO2S. The van der Waals surface area contributed by atoms with Gasteiger partial charge in [0.2, 0.25) is 0 Å². The van der Waals surface area contributed by atoms with Crippen molar-refractivity contribution in [3.8, 4) is 5.75 Å². The zero-order valence-electron chi connectivity index (χ0n) is 14.7. The smallest absolute Gasteiger partial charge is 0.262 e. The largest absolute Gasteiger partial charge is 0.497 e. The zero-order valence-corrected chi connectivity index (χ0v) is 16.3. The number of carbonyl (C=O) groups is 1. The van der Waals surface area contributed by atoms with E-state index in [1.807, 2.05) is 84.9 Å². The van der Waals surface area contributed by atoms with E-state index in [0.717, 1.165) is 21.9 Å². The van der Waals surface area contributed by atoms with Gasteiger partial charge in [0, 0.05) is 10.6 Å². The second-order valence-electron chi connectivity index (χ2n) is 6.25. The Labute approximate surface area is 167 Å². The van der Waals surface area contributed by atoms with Gasteiger partial charge < -0.3 is 4.74 Å². The first-order valence-corrected chi connectivity index (χ1v) is 9.78. The van der Waals surface area contributed by atoms with Gasteiger partial charge in [0.05, 0.1) is 13.2 Å². The maximum atomic E-state index is 13.2. The lowest BCUT2D eigenvalue weighted by Crippen LogP contribution is -2.64. The van der Waals surface area contributed by atoms with Crippen molar-refractivity contribution in [1.29, 1.82) is 0 Å². The fourth-order valence-electron chi connectivity index (χ4n) is 3.27. The topological polar surface area (TPSA) is 29.5 Å². The highest BCUT2D eigenvalue weighted by atomic mass is 35.5. The molecule has 0 N–H and O–H groups in total. The quantitative estimate of drug-likeness (QED) is 0.421. The SMILES string of the molecule is COc1ccc(N2C(=O)C(Cl)(Sc3ccccc3)C2c2ccccc2)cc1. The van der Waals surface area contributed by atoms with E-state index in [1.165, 1.54) is 11.8 Å². The van der Waals surface area contributed by atoms with Crippen molar-refractivity contribution >= 4 is 35.0 Å². The molecule has 1 saturated heterocycles. The molecule has 1 amide bonds. The average Bonchev–Trinajstić information content (AvgIpc) is 2.73. The van der Waals surface area contributed by atoms with Gasteiger partial charge in [-0.1, -0.05) is 71.9 Å². The lowest BCUT2D eigenvalue weighted by atomic mass is 9.91. The molecule has 1 aliphatic rings. The number of nitrogens with zero attached hydrogens (tertiary/aromatic N) is 1. The van der Waals surface area contributed by atoms with Crippen molar-refractivity contribution in [3.63, 3.8) is 0 Å². The summed E-state index contributed by atoms with van der Waals surface area (Å²) in [4.78, 5) is 15.9. The first-order valence-electron chi connectivity index (χ1n) is 8.59. The molecule has 3 nitrogen and oxygen atoms in total. The summed E-state index contributed by atoms with van der Waals surface area (Å²) in [6.07, 6.45) is 0. The maximum Gasteiger partial charge on any atom is 0.262 e. The number of anilines is 1. The third kappa shape index (κ3) is 3.20. The third-order valence-corrected chi connectivity index (χ3v) is 6.40. The Morgan fingerprint density at radius 1 is 0.926 bits per heavy atom. The van der Waals surface area contributed by atoms with Crippen LogP contribution in [0.1, 0.15) is 11.6 Å². The summed E-state index contributed by atoms with van der Waals surface area (Å²) in [5.74, 6) is 0.635. The normalized spacial score (nSPS) is 21.6. The number of amides is 1. The molecule has 5 heteroatoms. The molecule has 3 aromatic carbocycles. The van der Waals surface area contributed by atoms with Crippen LogP contribution < -0.4 is 9.64 Å². The minimum atomic E-state index is -1.08. The number of carbonyl (C=O) groups excluding carboxylic acids is 1. The van der Waals surface area contributed by atoms with Crippen molar-refractivity contribution in [1.82, 2.24) is 0 Å². The second kappa shape index (κ2) is 7.29. The van der Waals surface area contributed by atoms with Crippen LogP contribution in [0, 0.1) is 0 Å². The molecule has 0 aromatic heterocycles. The number of hydrogen-bond acceptors (Lipinski definition) is 3. The van der Waals surface area contributed by atoms with E-state index in [1.54, 1.807) is 12.0 Å². The number of alkyl halides is 1. The molecule has 0 saturated carbocycles. The van der Waals surface area contributed by atoms with Crippen molar-refractivity contribution in [3.05, 3.63) is 90.5 Å². The molecule has 136 valence electrons. The first kappa shape index (κ1) is 18.0. The summed E-state index contributed by atoms with van der Waals surface area (Å²) in [5, 5.41) is 0. The summed E-state index contributed by atoms with van der Waals surface area (Å²) in [5.41, 5.74) is 1.81. The van der Waals surface area contributed by atoms with Crippen LogP contribution in [0.3, 0.4) is 0 Å². The van der Waals surface area contributed by atoms with Crippen LogP contribution in [0.15, 0.2) is 89.8 Å². The fourth-order valence-corrected chi connectivity index (χ4v) is 5.02. The molecule has 1 aliphatic heterocycles. The predicted octanol–water partition coefficient (Wildman–Crippen LogP) is 5.51. The number of methoxy groups -OCH3 is 1. The molecule has 1 heterocycles. The lowest BCUT2D eigenvalue weighted by molar-refractivity contribution is -0.125. The van der Waals surface area contributed by atoms with Gasteiger partial charge in [-0.2, -0.15) is 0 Å². The molecular weight excluding hydrogens is 378 g/mol. The van der Waals surface area contributed by atoms with E-state index in [0.29, 0.717) is 0 Å². The van der Waals surface area contributed by atoms with Gasteiger partial charge in [-0.3, -0.25) is 9.69 Å². The highest BCUT2D eigenvalue weighted by molar-refractivity contribution is 8.03. The van der Waals surface area contributed by atoms with Gasteiger partial charge in [0.25, 0.3) is 5.91 Å². The molecule has 0 bridgehead atoms. The number of ether oxygens (including phenoxy) is 1. The monoisotopic (exact) mass is 395 g/mol. The Hall–Kier alpha value is -2.43. The van der Waals surface area contributed by atoms with Crippen molar-refractivity contribution < 1.29 is 9.53 Å². The molecule has 0 aliphatic carbocycles. The van der Waals surface area contributed by atoms with Crippen molar-refractivity contribution in [2.45, 2.75) is 15.1 Å². The summed E-state index contributed by atoms with van der Waals surface area (Å²) >= 11 is 8.34. The molecule has 2 atom stereocenters. The Morgan fingerprint density at radius 3 is 2.11 bits per heavy atom. The number of β-lactam (4-membered cyclic amide) rings is 1. The molecule has 4 rings (SSSR count). The summed E-state index contributed by atoms with van der Waals surface area (Å²) < 4.78 is 4.14. The van der Waals surface area contributed by atoms with Crippen molar-refractivity contribution in [2.24, 2.45) is 0 Å². The second-order valence-corrected chi connectivity index (χ2v) is 8.39. The first-order chi connectivity index (χ1) is 13.1. The van der Waals surface area contributed by atoms with E-state index in [-0.39, 0.29) is 11.9 Å². The van der Waals surface area contributed by atoms with Gasteiger partial charge >= 0.3 is 0 Å². The summed E-state index contributed by atoms with van der Waals surface area (Å²) in [6, 6.07) is 26.9. The van der Waals surface area contributed by atoms with Gasteiger partial charge in [-0.05, 0) is 42.0 Å². The van der Waals surface area contributed by atoms with Crippen LogP contribution in [0.5, 0.6) is 5.75 Å². The lowest BCUT2D eigenvalue weighted by Gasteiger charge is -2.52. The molecule has 1 fully saturated rings. The number of benzene rings is 3. The number of thioether (sulfide) groups is 1. The van der Waals surface area contributed by atoms with Crippen LogP contribution in [-0.2, 0) is 4.79 Å². The molecule has 3 aromatic rings. The van der Waals surface area contributed by atoms with Crippen molar-refractivity contribution in [2.75, 3.05) is 12.0 Å². The van der Waals surface area contributed by atoms with Gasteiger partial charge in [0.15, 0.2) is 4.21 Å².